The average molecular weight is 435 g/mol. The first-order chi connectivity index (χ1) is 12.6. The third kappa shape index (κ3) is 3.40. The summed E-state index contributed by atoms with van der Waals surface area (Å²) in [5.74, 6) is 1.33. The summed E-state index contributed by atoms with van der Waals surface area (Å²) in [6.07, 6.45) is 1.79. The normalized spacial score (nSPS) is 12.2. The van der Waals surface area contributed by atoms with Gasteiger partial charge in [-0.15, -0.1) is 0 Å². The van der Waals surface area contributed by atoms with Gasteiger partial charge in [0, 0.05) is 16.8 Å². The number of benzene rings is 2. The van der Waals surface area contributed by atoms with Crippen LogP contribution in [0.3, 0.4) is 0 Å². The van der Waals surface area contributed by atoms with Crippen molar-refractivity contribution in [2.45, 2.75) is 6.54 Å². The molecule has 8 heteroatoms. The molecule has 1 aromatic heterocycles. The third-order valence-electron chi connectivity index (χ3n) is 3.87. The average Bonchev–Trinajstić information content (AvgIpc) is 3.23. The lowest BCUT2D eigenvalue weighted by molar-refractivity contribution is 0.102. The van der Waals surface area contributed by atoms with E-state index in [1.54, 1.807) is 29.1 Å². The van der Waals surface area contributed by atoms with E-state index in [1.165, 1.54) is 0 Å². The first-order valence-corrected chi connectivity index (χ1v) is 8.94. The molecule has 0 atom stereocenters. The number of ether oxygens (including phenoxy) is 2. The van der Waals surface area contributed by atoms with Crippen molar-refractivity contribution < 1.29 is 14.3 Å². The molecule has 0 unspecified atom stereocenters. The lowest BCUT2D eigenvalue weighted by atomic mass is 10.2. The van der Waals surface area contributed by atoms with Crippen LogP contribution in [-0.4, -0.2) is 22.5 Å². The Balaban J connectivity index is 1.51. The predicted molar refractivity (Wildman–Crippen MR) is 101 cm³/mol. The van der Waals surface area contributed by atoms with Gasteiger partial charge < -0.3 is 14.8 Å². The highest BCUT2D eigenvalue weighted by atomic mass is 79.9. The monoisotopic (exact) mass is 433 g/mol. The zero-order valence-corrected chi connectivity index (χ0v) is 15.8. The Labute approximate surface area is 162 Å². The molecule has 6 nitrogen and oxygen atoms in total. The van der Waals surface area contributed by atoms with Gasteiger partial charge in [-0.05, 0) is 45.8 Å². The molecular weight excluding hydrogens is 422 g/mol. The lowest BCUT2D eigenvalue weighted by Gasteiger charge is -2.05. The van der Waals surface area contributed by atoms with Crippen LogP contribution in [0.4, 0.5) is 5.82 Å². The summed E-state index contributed by atoms with van der Waals surface area (Å²) < 4.78 is 12.9. The predicted octanol–water partition coefficient (Wildman–Crippen LogP) is 4.33. The molecule has 4 rings (SSSR count). The van der Waals surface area contributed by atoms with Crippen molar-refractivity contribution in [2.24, 2.45) is 0 Å². The van der Waals surface area contributed by atoms with E-state index >= 15 is 0 Å². The maximum Gasteiger partial charge on any atom is 0.257 e. The molecule has 1 N–H and O–H groups in total. The van der Waals surface area contributed by atoms with Crippen molar-refractivity contribution in [3.8, 4) is 11.5 Å². The van der Waals surface area contributed by atoms with Crippen molar-refractivity contribution in [1.29, 1.82) is 0 Å². The Kier molecular flexibility index (Phi) is 4.57. The number of carbonyl (C=O) groups excluding carboxylic acids is 1. The second-order valence-electron chi connectivity index (χ2n) is 5.64. The van der Waals surface area contributed by atoms with Crippen molar-refractivity contribution in [2.75, 3.05) is 12.1 Å². The van der Waals surface area contributed by atoms with E-state index < -0.39 is 0 Å². The number of hydrogen-bond donors (Lipinski definition) is 1. The standard InChI is InChI=1S/C18H13BrClN3O3/c19-13-9-23(8-12-3-1-2-4-14(12)20)22-17(13)21-18(24)11-5-6-15-16(7-11)26-10-25-15/h1-7,9H,8,10H2,(H,21,22,24). The van der Waals surface area contributed by atoms with E-state index in [2.05, 4.69) is 26.3 Å². The Hall–Kier alpha value is -2.51. The SMILES string of the molecule is O=C(Nc1nn(Cc2ccccc2Cl)cc1Br)c1ccc2c(c1)OCO2. The van der Waals surface area contributed by atoms with Crippen LogP contribution in [0.25, 0.3) is 0 Å². The van der Waals surface area contributed by atoms with Crippen LogP contribution >= 0.6 is 27.5 Å². The first-order valence-electron chi connectivity index (χ1n) is 7.77. The summed E-state index contributed by atoms with van der Waals surface area (Å²) in [7, 11) is 0. The van der Waals surface area contributed by atoms with Crippen LogP contribution in [-0.2, 0) is 6.54 Å². The van der Waals surface area contributed by atoms with Gasteiger partial charge in [-0.3, -0.25) is 9.48 Å². The third-order valence-corrected chi connectivity index (χ3v) is 4.82. The number of anilines is 1. The molecule has 1 aliphatic heterocycles. The van der Waals surface area contributed by atoms with E-state index in [0.717, 1.165) is 5.56 Å². The van der Waals surface area contributed by atoms with Gasteiger partial charge >= 0.3 is 0 Å². The number of nitrogens with zero attached hydrogens (tertiary/aromatic N) is 2. The molecule has 0 spiro atoms. The molecule has 0 saturated heterocycles. The van der Waals surface area contributed by atoms with Gasteiger partial charge in [-0.25, -0.2) is 0 Å². The van der Waals surface area contributed by atoms with Crippen LogP contribution in [0.15, 0.2) is 53.1 Å². The van der Waals surface area contributed by atoms with Gasteiger partial charge in [-0.2, -0.15) is 5.10 Å². The van der Waals surface area contributed by atoms with E-state index in [4.69, 9.17) is 21.1 Å². The van der Waals surface area contributed by atoms with Crippen LogP contribution < -0.4 is 14.8 Å². The first kappa shape index (κ1) is 16.9. The topological polar surface area (TPSA) is 65.4 Å². The second kappa shape index (κ2) is 7.01. The van der Waals surface area contributed by atoms with E-state index in [9.17, 15) is 4.79 Å². The van der Waals surface area contributed by atoms with Gasteiger partial charge in [-0.1, -0.05) is 29.8 Å². The number of fused-ring (bicyclic) bond motifs is 1. The minimum absolute atomic E-state index is 0.165. The number of aromatic nitrogens is 2. The molecule has 2 heterocycles. The Morgan fingerprint density at radius 2 is 2.04 bits per heavy atom. The Morgan fingerprint density at radius 3 is 2.88 bits per heavy atom. The van der Waals surface area contributed by atoms with E-state index in [0.29, 0.717) is 38.9 Å². The highest BCUT2D eigenvalue weighted by Gasteiger charge is 2.18. The fourth-order valence-corrected chi connectivity index (χ4v) is 3.19. The smallest absolute Gasteiger partial charge is 0.257 e. The quantitative estimate of drug-likeness (QED) is 0.664. The molecule has 0 bridgehead atoms. The summed E-state index contributed by atoms with van der Waals surface area (Å²) in [6, 6.07) is 12.6. The molecule has 0 saturated carbocycles. The second-order valence-corrected chi connectivity index (χ2v) is 6.90. The zero-order valence-electron chi connectivity index (χ0n) is 13.4. The summed E-state index contributed by atoms with van der Waals surface area (Å²) >= 11 is 9.61. The number of hydrogen-bond acceptors (Lipinski definition) is 4. The zero-order chi connectivity index (χ0) is 18.1. The van der Waals surface area contributed by atoms with Crippen molar-refractivity contribution in [1.82, 2.24) is 9.78 Å². The van der Waals surface area contributed by atoms with Gasteiger partial charge in [0.15, 0.2) is 17.3 Å². The van der Waals surface area contributed by atoms with E-state index in [-0.39, 0.29) is 12.7 Å². The number of nitrogens with one attached hydrogen (secondary N) is 1. The largest absolute Gasteiger partial charge is 0.454 e. The van der Waals surface area contributed by atoms with Crippen LogP contribution in [0.5, 0.6) is 11.5 Å². The fraction of sp³-hybridized carbons (Fsp3) is 0.111. The summed E-state index contributed by atoms with van der Waals surface area (Å²) in [5.41, 5.74) is 1.40. The highest BCUT2D eigenvalue weighted by Crippen LogP contribution is 2.33. The summed E-state index contributed by atoms with van der Waals surface area (Å²) in [4.78, 5) is 12.5. The van der Waals surface area contributed by atoms with Crippen molar-refractivity contribution in [3.63, 3.8) is 0 Å². The Bertz CT molecular complexity index is 990. The number of rotatable bonds is 4. The lowest BCUT2D eigenvalue weighted by Crippen LogP contribution is -2.13. The molecule has 0 radical (unpaired) electrons. The van der Waals surface area contributed by atoms with Crippen molar-refractivity contribution in [3.05, 3.63) is 69.3 Å². The minimum atomic E-state index is -0.285. The van der Waals surface area contributed by atoms with Gasteiger partial charge in [0.05, 0.1) is 11.0 Å². The molecule has 2 aromatic carbocycles. The minimum Gasteiger partial charge on any atom is -0.454 e. The molecule has 26 heavy (non-hydrogen) atoms. The molecular formula is C18H13BrClN3O3. The molecule has 1 amide bonds. The van der Waals surface area contributed by atoms with E-state index in [1.807, 2.05) is 24.3 Å². The van der Waals surface area contributed by atoms with Crippen LogP contribution in [0.1, 0.15) is 15.9 Å². The van der Waals surface area contributed by atoms with Gasteiger partial charge in [0.25, 0.3) is 5.91 Å². The molecule has 0 aliphatic carbocycles. The summed E-state index contributed by atoms with van der Waals surface area (Å²) in [5, 5.41) is 7.87. The number of amides is 1. The molecule has 132 valence electrons. The number of carbonyl (C=O) groups is 1. The molecule has 3 aromatic rings. The fourth-order valence-electron chi connectivity index (χ4n) is 2.58. The maximum absolute atomic E-state index is 12.5. The maximum atomic E-state index is 12.5. The molecule has 0 fully saturated rings. The van der Waals surface area contributed by atoms with Gasteiger partial charge in [0.1, 0.15) is 0 Å². The van der Waals surface area contributed by atoms with Crippen LogP contribution in [0, 0.1) is 0 Å². The van der Waals surface area contributed by atoms with Gasteiger partial charge in [0.2, 0.25) is 6.79 Å². The van der Waals surface area contributed by atoms with Crippen molar-refractivity contribution >= 4 is 39.3 Å². The molecule has 1 aliphatic rings. The van der Waals surface area contributed by atoms with Crippen LogP contribution in [0.2, 0.25) is 5.02 Å². The summed E-state index contributed by atoms with van der Waals surface area (Å²) in [6.45, 7) is 0.663. The number of halogens is 2. The Morgan fingerprint density at radius 1 is 1.23 bits per heavy atom. The highest BCUT2D eigenvalue weighted by molar-refractivity contribution is 9.10.